The maximum atomic E-state index is 5.44. The van der Waals surface area contributed by atoms with Gasteiger partial charge in [-0.3, -0.25) is 0 Å². The molecule has 0 spiro atoms. The smallest absolute Gasteiger partial charge is 0.0933 e. The molecule has 0 aromatic rings. The largest absolute Gasteiger partial charge is 0.376 e. The molecule has 1 N–H and O–H groups in total. The van der Waals surface area contributed by atoms with Gasteiger partial charge in [0, 0.05) is 13.1 Å². The van der Waals surface area contributed by atoms with Crippen molar-refractivity contribution in [2.45, 2.75) is 26.1 Å². The summed E-state index contributed by atoms with van der Waals surface area (Å²) in [5.41, 5.74) is 0. The van der Waals surface area contributed by atoms with Crippen LogP contribution in [-0.4, -0.2) is 38.5 Å². The number of hydrogen-bond acceptors (Lipinski definition) is 3. The Morgan fingerprint density at radius 3 is 3.00 bits per heavy atom. The third-order valence-corrected chi connectivity index (χ3v) is 1.62. The van der Waals surface area contributed by atoms with Crippen molar-refractivity contribution in [3.05, 3.63) is 0 Å². The van der Waals surface area contributed by atoms with Gasteiger partial charge < -0.3 is 14.8 Å². The van der Waals surface area contributed by atoms with E-state index in [0.717, 1.165) is 19.7 Å². The molecule has 1 aliphatic heterocycles. The van der Waals surface area contributed by atoms with Gasteiger partial charge in [0.15, 0.2) is 0 Å². The van der Waals surface area contributed by atoms with Gasteiger partial charge in [-0.2, -0.15) is 0 Å². The zero-order valence-corrected chi connectivity index (χ0v) is 7.30. The summed E-state index contributed by atoms with van der Waals surface area (Å²) in [4.78, 5) is 0. The second-order valence-corrected chi connectivity index (χ2v) is 3.08. The standard InChI is InChI=1S/C8H17NO2/c1-7(2)11-6-8-5-9-3-4-10-8/h7-9H,3-6H2,1-2H3. The van der Waals surface area contributed by atoms with Gasteiger partial charge in [-0.25, -0.2) is 0 Å². The van der Waals surface area contributed by atoms with Crippen molar-refractivity contribution in [3.8, 4) is 0 Å². The molecule has 0 aromatic carbocycles. The van der Waals surface area contributed by atoms with Gasteiger partial charge in [0.05, 0.1) is 25.4 Å². The first-order valence-electron chi connectivity index (χ1n) is 4.23. The molecule has 1 aliphatic rings. The zero-order valence-electron chi connectivity index (χ0n) is 7.30. The van der Waals surface area contributed by atoms with Crippen LogP contribution in [0.15, 0.2) is 0 Å². The molecule has 0 saturated carbocycles. The molecule has 3 heteroatoms. The molecule has 11 heavy (non-hydrogen) atoms. The van der Waals surface area contributed by atoms with Crippen molar-refractivity contribution in [1.82, 2.24) is 5.32 Å². The number of rotatable bonds is 3. The zero-order chi connectivity index (χ0) is 8.10. The predicted molar refractivity (Wildman–Crippen MR) is 43.7 cm³/mol. The third-order valence-electron chi connectivity index (χ3n) is 1.62. The highest BCUT2D eigenvalue weighted by Crippen LogP contribution is 1.98. The lowest BCUT2D eigenvalue weighted by Gasteiger charge is -2.24. The van der Waals surface area contributed by atoms with E-state index >= 15 is 0 Å². The van der Waals surface area contributed by atoms with E-state index < -0.39 is 0 Å². The molecule has 1 atom stereocenters. The number of morpholine rings is 1. The van der Waals surface area contributed by atoms with Gasteiger partial charge in [0.25, 0.3) is 0 Å². The Morgan fingerprint density at radius 1 is 1.64 bits per heavy atom. The summed E-state index contributed by atoms with van der Waals surface area (Å²) in [6.45, 7) is 7.49. The molecule has 0 bridgehead atoms. The van der Waals surface area contributed by atoms with E-state index in [1.807, 2.05) is 13.8 Å². The van der Waals surface area contributed by atoms with Crippen molar-refractivity contribution >= 4 is 0 Å². The SMILES string of the molecule is CC(C)OCC1CNCCO1. The van der Waals surface area contributed by atoms with Crippen molar-refractivity contribution in [2.75, 3.05) is 26.3 Å². The second-order valence-electron chi connectivity index (χ2n) is 3.08. The first-order chi connectivity index (χ1) is 5.29. The normalized spacial score (nSPS) is 25.9. The highest BCUT2D eigenvalue weighted by Gasteiger charge is 2.13. The predicted octanol–water partition coefficient (Wildman–Crippen LogP) is 0.400. The van der Waals surface area contributed by atoms with Gasteiger partial charge in [-0.1, -0.05) is 0 Å². The van der Waals surface area contributed by atoms with E-state index in [1.165, 1.54) is 0 Å². The molecule has 1 rings (SSSR count). The van der Waals surface area contributed by atoms with Crippen LogP contribution in [0.4, 0.5) is 0 Å². The fourth-order valence-corrected chi connectivity index (χ4v) is 1.03. The van der Waals surface area contributed by atoms with E-state index in [9.17, 15) is 0 Å². The van der Waals surface area contributed by atoms with Crippen LogP contribution in [0.2, 0.25) is 0 Å². The van der Waals surface area contributed by atoms with Crippen molar-refractivity contribution in [3.63, 3.8) is 0 Å². The van der Waals surface area contributed by atoms with E-state index in [-0.39, 0.29) is 6.10 Å². The summed E-state index contributed by atoms with van der Waals surface area (Å²) in [7, 11) is 0. The lowest BCUT2D eigenvalue weighted by atomic mass is 10.3. The highest BCUT2D eigenvalue weighted by atomic mass is 16.5. The summed E-state index contributed by atoms with van der Waals surface area (Å²) in [6.07, 6.45) is 0.562. The van der Waals surface area contributed by atoms with Crippen LogP contribution in [0, 0.1) is 0 Å². The summed E-state index contributed by atoms with van der Waals surface area (Å²) in [5, 5.41) is 3.25. The van der Waals surface area contributed by atoms with Crippen molar-refractivity contribution < 1.29 is 9.47 Å². The van der Waals surface area contributed by atoms with Gasteiger partial charge in [-0.05, 0) is 13.8 Å². The summed E-state index contributed by atoms with van der Waals surface area (Å²) in [6, 6.07) is 0. The summed E-state index contributed by atoms with van der Waals surface area (Å²) < 4.78 is 10.9. The number of nitrogens with one attached hydrogen (secondary N) is 1. The molecule has 66 valence electrons. The minimum absolute atomic E-state index is 0.256. The Balaban J connectivity index is 2.05. The van der Waals surface area contributed by atoms with Crippen LogP contribution < -0.4 is 5.32 Å². The van der Waals surface area contributed by atoms with E-state index in [2.05, 4.69) is 5.32 Å². The van der Waals surface area contributed by atoms with Crippen LogP contribution in [0.5, 0.6) is 0 Å². The van der Waals surface area contributed by atoms with Crippen LogP contribution >= 0.6 is 0 Å². The van der Waals surface area contributed by atoms with Crippen molar-refractivity contribution in [2.24, 2.45) is 0 Å². The third kappa shape index (κ3) is 3.70. The molecule has 0 aromatic heterocycles. The van der Waals surface area contributed by atoms with Crippen LogP contribution in [0.1, 0.15) is 13.8 Å². The molecular formula is C8H17NO2. The maximum absolute atomic E-state index is 5.44. The Labute approximate surface area is 68.1 Å². The van der Waals surface area contributed by atoms with Crippen molar-refractivity contribution in [1.29, 1.82) is 0 Å². The number of ether oxygens (including phenoxy) is 2. The quantitative estimate of drug-likeness (QED) is 0.646. The molecular weight excluding hydrogens is 142 g/mol. The fourth-order valence-electron chi connectivity index (χ4n) is 1.03. The molecule has 1 unspecified atom stereocenters. The van der Waals surface area contributed by atoms with Crippen LogP contribution in [0.25, 0.3) is 0 Å². The van der Waals surface area contributed by atoms with E-state index in [0.29, 0.717) is 12.7 Å². The summed E-state index contributed by atoms with van der Waals surface area (Å²) >= 11 is 0. The van der Waals surface area contributed by atoms with Gasteiger partial charge in [-0.15, -0.1) is 0 Å². The Kier molecular flexibility index (Phi) is 3.83. The molecule has 1 heterocycles. The Hall–Kier alpha value is -0.120. The van der Waals surface area contributed by atoms with Crippen LogP contribution in [0.3, 0.4) is 0 Å². The first kappa shape index (κ1) is 8.97. The minimum atomic E-state index is 0.256. The maximum Gasteiger partial charge on any atom is 0.0933 e. The lowest BCUT2D eigenvalue weighted by molar-refractivity contribution is -0.0471. The molecule has 1 fully saturated rings. The minimum Gasteiger partial charge on any atom is -0.376 e. The Bertz CT molecular complexity index is 100. The van der Waals surface area contributed by atoms with Crippen LogP contribution in [-0.2, 0) is 9.47 Å². The van der Waals surface area contributed by atoms with E-state index in [1.54, 1.807) is 0 Å². The van der Waals surface area contributed by atoms with Gasteiger partial charge in [0.2, 0.25) is 0 Å². The van der Waals surface area contributed by atoms with Gasteiger partial charge >= 0.3 is 0 Å². The summed E-state index contributed by atoms with van der Waals surface area (Å²) in [5.74, 6) is 0. The highest BCUT2D eigenvalue weighted by molar-refractivity contribution is 4.66. The average molecular weight is 159 g/mol. The average Bonchev–Trinajstić information content (AvgIpc) is 2.03. The molecule has 3 nitrogen and oxygen atoms in total. The lowest BCUT2D eigenvalue weighted by Crippen LogP contribution is -2.41. The molecule has 0 radical (unpaired) electrons. The topological polar surface area (TPSA) is 30.5 Å². The van der Waals surface area contributed by atoms with E-state index in [4.69, 9.17) is 9.47 Å². The molecule has 0 aliphatic carbocycles. The molecule has 0 amide bonds. The molecule has 1 saturated heterocycles. The Morgan fingerprint density at radius 2 is 2.45 bits per heavy atom. The first-order valence-corrected chi connectivity index (χ1v) is 4.23. The van der Waals surface area contributed by atoms with Gasteiger partial charge in [0.1, 0.15) is 0 Å². The fraction of sp³-hybridized carbons (Fsp3) is 1.00. The second kappa shape index (κ2) is 4.70. The monoisotopic (exact) mass is 159 g/mol. The number of hydrogen-bond donors (Lipinski definition) is 1.